The zero-order valence-electron chi connectivity index (χ0n) is 12.0. The Morgan fingerprint density at radius 2 is 1.77 bits per heavy atom. The molecular weight excluding hydrogens is 309 g/mol. The molecule has 2 aromatic carbocycles. The van der Waals surface area contributed by atoms with Crippen molar-refractivity contribution in [3.8, 4) is 0 Å². The lowest BCUT2D eigenvalue weighted by atomic mass is 10.2. The van der Waals surface area contributed by atoms with Crippen LogP contribution in [0.1, 0.15) is 10.4 Å². The van der Waals surface area contributed by atoms with E-state index in [1.54, 1.807) is 30.3 Å². The van der Waals surface area contributed by atoms with Crippen molar-refractivity contribution in [1.82, 2.24) is 0 Å². The molecule has 7 heteroatoms. The number of para-hydroxylation sites is 1. The van der Waals surface area contributed by atoms with Crippen LogP contribution < -0.4 is 4.31 Å². The normalized spacial score (nSPS) is 11.0. The molecule has 0 aliphatic carbocycles. The number of carbonyl (C=O) groups excluding carboxylic acids is 1. The minimum Gasteiger partial charge on any atom is -0.465 e. The Bertz CT molecular complexity index is 790. The number of rotatable bonds is 4. The number of halogens is 1. The number of nitrogens with zero attached hydrogens (tertiary/aromatic N) is 1. The van der Waals surface area contributed by atoms with E-state index in [4.69, 9.17) is 0 Å². The molecule has 0 fully saturated rings. The van der Waals surface area contributed by atoms with Gasteiger partial charge in [-0.25, -0.2) is 17.6 Å². The van der Waals surface area contributed by atoms with Crippen LogP contribution in [0.3, 0.4) is 0 Å². The van der Waals surface area contributed by atoms with Crippen LogP contribution >= 0.6 is 0 Å². The van der Waals surface area contributed by atoms with Gasteiger partial charge in [-0.05, 0) is 30.3 Å². The third-order valence-corrected chi connectivity index (χ3v) is 4.91. The maximum atomic E-state index is 14.0. The second-order valence-corrected chi connectivity index (χ2v) is 6.38. The van der Waals surface area contributed by atoms with Crippen molar-refractivity contribution in [3.63, 3.8) is 0 Å². The first-order chi connectivity index (χ1) is 10.4. The lowest BCUT2D eigenvalue weighted by Crippen LogP contribution is -2.27. The number of hydrogen-bond acceptors (Lipinski definition) is 4. The number of sulfonamides is 1. The molecule has 0 spiro atoms. The number of ether oxygens (including phenoxy) is 1. The third-order valence-electron chi connectivity index (χ3n) is 3.11. The van der Waals surface area contributed by atoms with Gasteiger partial charge in [0.2, 0.25) is 0 Å². The lowest BCUT2D eigenvalue weighted by Gasteiger charge is -2.20. The Labute approximate surface area is 128 Å². The zero-order valence-corrected chi connectivity index (χ0v) is 12.8. The Kier molecular flexibility index (Phi) is 4.46. The van der Waals surface area contributed by atoms with E-state index in [9.17, 15) is 17.6 Å². The summed E-state index contributed by atoms with van der Waals surface area (Å²) in [6, 6.07) is 11.3. The molecule has 2 aromatic rings. The first-order valence-corrected chi connectivity index (χ1v) is 7.74. The Morgan fingerprint density at radius 3 is 2.36 bits per heavy atom. The second-order valence-electron chi connectivity index (χ2n) is 4.44. The molecule has 22 heavy (non-hydrogen) atoms. The summed E-state index contributed by atoms with van der Waals surface area (Å²) in [6.07, 6.45) is 0. The monoisotopic (exact) mass is 323 g/mol. The highest BCUT2D eigenvalue weighted by Crippen LogP contribution is 2.24. The van der Waals surface area contributed by atoms with E-state index < -0.39 is 26.7 Å². The molecule has 0 N–H and O–H groups in total. The van der Waals surface area contributed by atoms with Gasteiger partial charge >= 0.3 is 5.97 Å². The van der Waals surface area contributed by atoms with Gasteiger partial charge in [0.05, 0.1) is 18.4 Å². The Hall–Kier alpha value is -2.41. The molecular formula is C15H14FNO4S. The highest BCUT2D eigenvalue weighted by atomic mass is 32.2. The van der Waals surface area contributed by atoms with Crippen LogP contribution in [0.15, 0.2) is 53.4 Å². The van der Waals surface area contributed by atoms with Crippen LogP contribution in [0.5, 0.6) is 0 Å². The molecule has 2 rings (SSSR count). The molecule has 0 atom stereocenters. The fourth-order valence-corrected chi connectivity index (χ4v) is 3.15. The van der Waals surface area contributed by atoms with Crippen molar-refractivity contribution in [2.75, 3.05) is 18.5 Å². The average Bonchev–Trinajstić information content (AvgIpc) is 2.54. The molecule has 0 saturated heterocycles. The molecule has 116 valence electrons. The predicted octanol–water partition coefficient (Wildman–Crippen LogP) is 2.44. The molecule has 5 nitrogen and oxygen atoms in total. The fraction of sp³-hybridized carbons (Fsp3) is 0.133. The number of carbonyl (C=O) groups is 1. The van der Waals surface area contributed by atoms with Crippen molar-refractivity contribution in [2.24, 2.45) is 0 Å². The van der Waals surface area contributed by atoms with Crippen molar-refractivity contribution in [3.05, 3.63) is 59.9 Å². The third kappa shape index (κ3) is 2.94. The van der Waals surface area contributed by atoms with Crippen molar-refractivity contribution < 1.29 is 22.3 Å². The van der Waals surface area contributed by atoms with Crippen LogP contribution in [-0.4, -0.2) is 28.5 Å². The van der Waals surface area contributed by atoms with Gasteiger partial charge in [0.15, 0.2) is 0 Å². The summed E-state index contributed by atoms with van der Waals surface area (Å²) in [7, 11) is -1.66. The van der Waals surface area contributed by atoms with Gasteiger partial charge in [-0.15, -0.1) is 0 Å². The standard InChI is InChI=1S/C15H14FNO4S/c1-17(12-6-4-3-5-7-12)22(19,20)14-10-11(15(18)21-2)8-9-13(14)16/h3-10H,1-2H3. The summed E-state index contributed by atoms with van der Waals surface area (Å²) >= 11 is 0. The van der Waals surface area contributed by atoms with Crippen LogP contribution in [0, 0.1) is 5.82 Å². The summed E-state index contributed by atoms with van der Waals surface area (Å²) in [5.41, 5.74) is 0.342. The number of methoxy groups -OCH3 is 1. The summed E-state index contributed by atoms with van der Waals surface area (Å²) < 4.78 is 44.5. The summed E-state index contributed by atoms with van der Waals surface area (Å²) in [6.45, 7) is 0. The van der Waals surface area contributed by atoms with Gasteiger partial charge in [-0.2, -0.15) is 0 Å². The van der Waals surface area contributed by atoms with Crippen LogP contribution in [-0.2, 0) is 14.8 Å². The van der Waals surface area contributed by atoms with E-state index in [2.05, 4.69) is 4.74 Å². The Morgan fingerprint density at radius 1 is 1.14 bits per heavy atom. The van der Waals surface area contributed by atoms with Gasteiger partial charge in [-0.3, -0.25) is 4.31 Å². The maximum Gasteiger partial charge on any atom is 0.337 e. The number of hydrogen-bond donors (Lipinski definition) is 0. The van der Waals surface area contributed by atoms with Gasteiger partial charge in [0, 0.05) is 7.05 Å². The minimum absolute atomic E-state index is 0.0380. The average molecular weight is 323 g/mol. The smallest absolute Gasteiger partial charge is 0.337 e. The summed E-state index contributed by atoms with van der Waals surface area (Å²) in [4.78, 5) is 10.9. The summed E-state index contributed by atoms with van der Waals surface area (Å²) in [5.74, 6) is -1.67. The van der Waals surface area contributed by atoms with E-state index in [0.717, 1.165) is 23.5 Å². The number of anilines is 1. The predicted molar refractivity (Wildman–Crippen MR) is 79.8 cm³/mol. The summed E-state index contributed by atoms with van der Waals surface area (Å²) in [5, 5.41) is 0. The van der Waals surface area contributed by atoms with Crippen molar-refractivity contribution >= 4 is 21.7 Å². The minimum atomic E-state index is -4.14. The SMILES string of the molecule is COC(=O)c1ccc(F)c(S(=O)(=O)N(C)c2ccccc2)c1. The Balaban J connectivity index is 2.52. The number of benzene rings is 2. The largest absolute Gasteiger partial charge is 0.465 e. The lowest BCUT2D eigenvalue weighted by molar-refractivity contribution is 0.0600. The molecule has 0 radical (unpaired) electrons. The molecule has 0 aliphatic heterocycles. The highest BCUT2D eigenvalue weighted by Gasteiger charge is 2.26. The zero-order chi connectivity index (χ0) is 16.3. The van der Waals surface area contributed by atoms with Gasteiger partial charge < -0.3 is 4.74 Å². The van der Waals surface area contributed by atoms with Gasteiger partial charge in [-0.1, -0.05) is 18.2 Å². The quantitative estimate of drug-likeness (QED) is 0.811. The fourth-order valence-electron chi connectivity index (χ4n) is 1.87. The van der Waals surface area contributed by atoms with E-state index in [1.807, 2.05) is 0 Å². The van der Waals surface area contributed by atoms with Crippen LogP contribution in [0.4, 0.5) is 10.1 Å². The maximum absolute atomic E-state index is 14.0. The molecule has 0 aromatic heterocycles. The molecule has 0 bridgehead atoms. The van der Waals surface area contributed by atoms with Gasteiger partial charge in [0.25, 0.3) is 10.0 Å². The number of esters is 1. The highest BCUT2D eigenvalue weighted by molar-refractivity contribution is 7.92. The van der Waals surface area contributed by atoms with Crippen molar-refractivity contribution in [1.29, 1.82) is 0 Å². The molecule has 0 amide bonds. The molecule has 0 aliphatic rings. The van der Waals surface area contributed by atoms with E-state index in [0.29, 0.717) is 5.69 Å². The van der Waals surface area contributed by atoms with Crippen molar-refractivity contribution in [2.45, 2.75) is 4.90 Å². The topological polar surface area (TPSA) is 63.7 Å². The molecule has 0 unspecified atom stereocenters. The molecule has 0 saturated carbocycles. The van der Waals surface area contributed by atoms with Crippen LogP contribution in [0.2, 0.25) is 0 Å². The first-order valence-electron chi connectivity index (χ1n) is 6.30. The van der Waals surface area contributed by atoms with E-state index in [-0.39, 0.29) is 5.56 Å². The van der Waals surface area contributed by atoms with E-state index >= 15 is 0 Å². The second kappa shape index (κ2) is 6.15. The van der Waals surface area contributed by atoms with Gasteiger partial charge in [0.1, 0.15) is 10.7 Å². The first kappa shape index (κ1) is 16.0. The van der Waals surface area contributed by atoms with E-state index in [1.165, 1.54) is 13.1 Å². The molecule has 0 heterocycles. The van der Waals surface area contributed by atoms with Crippen LogP contribution in [0.25, 0.3) is 0 Å².